The maximum Gasteiger partial charge on any atom is 0.191 e. The van der Waals surface area contributed by atoms with Crippen LogP contribution in [0.2, 0.25) is 0 Å². The summed E-state index contributed by atoms with van der Waals surface area (Å²) in [6.07, 6.45) is 0. The maximum atomic E-state index is 5.99. The van der Waals surface area contributed by atoms with E-state index < -0.39 is 0 Å². The number of aliphatic imine (C=N–C) groups is 1. The number of nitrogens with zero attached hydrogens (tertiary/aromatic N) is 2. The van der Waals surface area contributed by atoms with Crippen LogP contribution >= 0.6 is 24.0 Å². The lowest BCUT2D eigenvalue weighted by atomic mass is 9.86. The van der Waals surface area contributed by atoms with Gasteiger partial charge in [0, 0.05) is 13.1 Å². The van der Waals surface area contributed by atoms with Crippen LogP contribution in [0.25, 0.3) is 0 Å². The van der Waals surface area contributed by atoms with E-state index in [1.165, 1.54) is 5.56 Å². The highest BCUT2D eigenvalue weighted by Gasteiger charge is 2.18. The summed E-state index contributed by atoms with van der Waals surface area (Å²) >= 11 is 0. The van der Waals surface area contributed by atoms with E-state index in [1.807, 2.05) is 23.1 Å². The van der Waals surface area contributed by atoms with Gasteiger partial charge >= 0.3 is 0 Å². The molecule has 1 aromatic carbocycles. The molecule has 0 spiro atoms. The predicted octanol–water partition coefficient (Wildman–Crippen LogP) is 2.63. The molecule has 0 radical (unpaired) electrons. The molecule has 6 heteroatoms. The molecule has 1 saturated heterocycles. The van der Waals surface area contributed by atoms with Crippen LogP contribution in [0.3, 0.4) is 0 Å². The van der Waals surface area contributed by atoms with Gasteiger partial charge in [-0.2, -0.15) is 0 Å². The Balaban J connectivity index is 0.00000264. The van der Waals surface area contributed by atoms with E-state index in [2.05, 4.69) is 31.8 Å². The molecule has 0 aromatic heterocycles. The van der Waals surface area contributed by atoms with Gasteiger partial charge in [-0.3, -0.25) is 0 Å². The normalized spacial score (nSPS) is 16.0. The molecular weight excluding hydrogens is 405 g/mol. The van der Waals surface area contributed by atoms with Gasteiger partial charge in [0.25, 0.3) is 0 Å². The average molecular weight is 433 g/mol. The molecule has 1 heterocycles. The van der Waals surface area contributed by atoms with Crippen molar-refractivity contribution < 1.29 is 9.47 Å². The zero-order valence-corrected chi connectivity index (χ0v) is 16.6. The second-order valence-electron chi connectivity index (χ2n) is 6.43. The Hall–Kier alpha value is -1.02. The Kier molecular flexibility index (Phi) is 8.11. The van der Waals surface area contributed by atoms with Crippen molar-refractivity contribution in [3.8, 4) is 5.75 Å². The number of ether oxygens (including phenoxy) is 2. The summed E-state index contributed by atoms with van der Waals surface area (Å²) in [6, 6.07) is 8.16. The molecule has 0 bridgehead atoms. The van der Waals surface area contributed by atoms with Crippen molar-refractivity contribution in [3.05, 3.63) is 29.8 Å². The summed E-state index contributed by atoms with van der Waals surface area (Å²) < 4.78 is 11.2. The van der Waals surface area contributed by atoms with E-state index in [4.69, 9.17) is 15.2 Å². The molecule has 0 amide bonds. The lowest BCUT2D eigenvalue weighted by Crippen LogP contribution is -2.45. The molecule has 0 saturated carbocycles. The Morgan fingerprint density at radius 1 is 1.26 bits per heavy atom. The first-order valence-corrected chi connectivity index (χ1v) is 7.83. The number of para-hydroxylation sites is 1. The third-order valence-electron chi connectivity index (χ3n) is 3.65. The minimum Gasteiger partial charge on any atom is -0.491 e. The molecule has 0 atom stereocenters. The maximum absolute atomic E-state index is 5.99. The van der Waals surface area contributed by atoms with Gasteiger partial charge in [0.2, 0.25) is 0 Å². The summed E-state index contributed by atoms with van der Waals surface area (Å²) in [5.41, 5.74) is 7.26. The monoisotopic (exact) mass is 433 g/mol. The van der Waals surface area contributed by atoms with Crippen LogP contribution in [-0.4, -0.2) is 50.3 Å². The largest absolute Gasteiger partial charge is 0.491 e. The van der Waals surface area contributed by atoms with Crippen molar-refractivity contribution in [3.63, 3.8) is 0 Å². The van der Waals surface area contributed by atoms with E-state index in [-0.39, 0.29) is 29.4 Å². The zero-order valence-electron chi connectivity index (χ0n) is 14.2. The molecule has 23 heavy (non-hydrogen) atoms. The predicted molar refractivity (Wildman–Crippen MR) is 105 cm³/mol. The van der Waals surface area contributed by atoms with Crippen molar-refractivity contribution in [2.45, 2.75) is 26.2 Å². The Morgan fingerprint density at radius 3 is 2.57 bits per heavy atom. The topological polar surface area (TPSA) is 60.1 Å². The summed E-state index contributed by atoms with van der Waals surface area (Å²) in [6.45, 7) is 10.7. The number of morpholine rings is 1. The first-order chi connectivity index (χ1) is 10.5. The molecule has 1 aromatic rings. The van der Waals surface area contributed by atoms with Crippen LogP contribution in [0, 0.1) is 0 Å². The van der Waals surface area contributed by atoms with E-state index in [0.29, 0.717) is 32.3 Å². The number of rotatable bonds is 4. The molecule has 5 nitrogen and oxygen atoms in total. The molecule has 0 unspecified atom stereocenters. The third-order valence-corrected chi connectivity index (χ3v) is 3.65. The quantitative estimate of drug-likeness (QED) is 0.343. The summed E-state index contributed by atoms with van der Waals surface area (Å²) in [4.78, 5) is 6.44. The van der Waals surface area contributed by atoms with Crippen molar-refractivity contribution in [1.82, 2.24) is 4.90 Å². The van der Waals surface area contributed by atoms with Gasteiger partial charge in [0.1, 0.15) is 12.4 Å². The van der Waals surface area contributed by atoms with Gasteiger partial charge < -0.3 is 20.1 Å². The number of nitrogens with two attached hydrogens (primary N) is 1. The molecule has 1 fully saturated rings. The van der Waals surface area contributed by atoms with E-state index in [9.17, 15) is 0 Å². The van der Waals surface area contributed by atoms with E-state index in [0.717, 1.165) is 18.8 Å². The van der Waals surface area contributed by atoms with Crippen LogP contribution in [0.15, 0.2) is 29.3 Å². The lowest BCUT2D eigenvalue weighted by Gasteiger charge is -2.27. The summed E-state index contributed by atoms with van der Waals surface area (Å²) in [7, 11) is 0. The minimum atomic E-state index is 0. The Morgan fingerprint density at radius 2 is 1.91 bits per heavy atom. The van der Waals surface area contributed by atoms with Gasteiger partial charge in [-0.15, -0.1) is 24.0 Å². The van der Waals surface area contributed by atoms with Crippen molar-refractivity contribution in [2.24, 2.45) is 10.7 Å². The zero-order chi connectivity index (χ0) is 16.0. The highest BCUT2D eigenvalue weighted by molar-refractivity contribution is 14.0. The fourth-order valence-corrected chi connectivity index (χ4v) is 2.42. The smallest absolute Gasteiger partial charge is 0.191 e. The van der Waals surface area contributed by atoms with Crippen LogP contribution in [0.1, 0.15) is 26.3 Å². The van der Waals surface area contributed by atoms with Gasteiger partial charge in [-0.25, -0.2) is 4.99 Å². The lowest BCUT2D eigenvalue weighted by molar-refractivity contribution is 0.0674. The van der Waals surface area contributed by atoms with Gasteiger partial charge in [0.05, 0.1) is 19.8 Å². The fourth-order valence-electron chi connectivity index (χ4n) is 2.42. The summed E-state index contributed by atoms with van der Waals surface area (Å²) in [5, 5.41) is 0. The number of guanidine groups is 1. The van der Waals surface area contributed by atoms with Crippen LogP contribution in [0.4, 0.5) is 0 Å². The molecular formula is C17H28IN3O2. The Labute approximate surface area is 156 Å². The second-order valence-corrected chi connectivity index (χ2v) is 6.43. The molecule has 1 aliphatic rings. The SMILES string of the molecule is CC(C)(C)c1ccccc1OCCN=C(N)N1CCOCC1.I. The van der Waals surface area contributed by atoms with E-state index in [1.54, 1.807) is 0 Å². The fraction of sp³-hybridized carbons (Fsp3) is 0.588. The number of hydrogen-bond donors (Lipinski definition) is 1. The summed E-state index contributed by atoms with van der Waals surface area (Å²) in [5.74, 6) is 1.51. The van der Waals surface area contributed by atoms with Gasteiger partial charge in [-0.1, -0.05) is 39.0 Å². The van der Waals surface area contributed by atoms with E-state index >= 15 is 0 Å². The van der Waals surface area contributed by atoms with Crippen LogP contribution < -0.4 is 10.5 Å². The van der Waals surface area contributed by atoms with Crippen molar-refractivity contribution in [1.29, 1.82) is 0 Å². The van der Waals surface area contributed by atoms with Crippen LogP contribution in [0.5, 0.6) is 5.75 Å². The molecule has 0 aliphatic carbocycles. The number of halogens is 1. The first kappa shape index (κ1) is 20.0. The highest BCUT2D eigenvalue weighted by atomic mass is 127. The first-order valence-electron chi connectivity index (χ1n) is 7.83. The third kappa shape index (κ3) is 6.18. The Bertz CT molecular complexity index is 509. The van der Waals surface area contributed by atoms with Crippen molar-refractivity contribution >= 4 is 29.9 Å². The molecule has 130 valence electrons. The standard InChI is InChI=1S/C17H27N3O2.HI/c1-17(2,3)14-6-4-5-7-15(14)22-11-8-19-16(18)20-9-12-21-13-10-20;/h4-7H,8-13H2,1-3H3,(H2,18,19);1H. The van der Waals surface area contributed by atoms with Gasteiger partial charge in [0.15, 0.2) is 5.96 Å². The van der Waals surface area contributed by atoms with Crippen LogP contribution in [-0.2, 0) is 10.2 Å². The highest BCUT2D eigenvalue weighted by Crippen LogP contribution is 2.30. The van der Waals surface area contributed by atoms with Gasteiger partial charge in [-0.05, 0) is 17.0 Å². The molecule has 2 rings (SSSR count). The second kappa shape index (κ2) is 9.32. The molecule has 2 N–H and O–H groups in total. The van der Waals surface area contributed by atoms with Crippen molar-refractivity contribution in [2.75, 3.05) is 39.5 Å². The number of hydrogen-bond acceptors (Lipinski definition) is 3. The number of benzene rings is 1. The molecule has 1 aliphatic heterocycles. The average Bonchev–Trinajstić information content (AvgIpc) is 2.51. The minimum absolute atomic E-state index is 0.